The van der Waals surface area contributed by atoms with Crippen molar-refractivity contribution in [2.75, 3.05) is 4.72 Å². The lowest BCUT2D eigenvalue weighted by Gasteiger charge is -2.09. The van der Waals surface area contributed by atoms with Crippen LogP contribution in [0.2, 0.25) is 0 Å². The lowest BCUT2D eigenvalue weighted by molar-refractivity contribution is 0.112. The molecule has 2 aromatic carbocycles. The minimum absolute atomic E-state index is 0.138. The topological polar surface area (TPSA) is 63.2 Å². The van der Waals surface area contributed by atoms with Crippen LogP contribution in [0.4, 0.5) is 14.5 Å². The highest BCUT2D eigenvalue weighted by Gasteiger charge is 2.20. The number of sulfonamides is 1. The zero-order valence-corrected chi connectivity index (χ0v) is 10.8. The molecule has 0 heterocycles. The number of hydrogen-bond acceptors (Lipinski definition) is 3. The Morgan fingerprint density at radius 3 is 2.25 bits per heavy atom. The minimum Gasteiger partial charge on any atom is -0.298 e. The third-order valence-corrected chi connectivity index (χ3v) is 3.88. The normalized spacial score (nSPS) is 11.1. The number of anilines is 1. The molecule has 0 saturated carbocycles. The van der Waals surface area contributed by atoms with Gasteiger partial charge in [-0.25, -0.2) is 17.2 Å². The summed E-state index contributed by atoms with van der Waals surface area (Å²) in [7, 11) is -4.24. The van der Waals surface area contributed by atoms with E-state index >= 15 is 0 Å². The van der Waals surface area contributed by atoms with Gasteiger partial charge < -0.3 is 0 Å². The van der Waals surface area contributed by atoms with Gasteiger partial charge in [0, 0.05) is 11.3 Å². The second-order valence-corrected chi connectivity index (χ2v) is 5.57. The molecule has 0 amide bonds. The Kier molecular flexibility index (Phi) is 3.80. The molecular formula is C13H9F2NO3S. The average molecular weight is 297 g/mol. The SMILES string of the molecule is O=Cc1ccc(NS(=O)(=O)c2cc(F)ccc2F)cc1. The Bertz CT molecular complexity index is 743. The molecule has 2 rings (SSSR count). The summed E-state index contributed by atoms with van der Waals surface area (Å²) in [4.78, 5) is 9.70. The van der Waals surface area contributed by atoms with Crippen molar-refractivity contribution in [2.45, 2.75) is 4.90 Å². The third kappa shape index (κ3) is 3.00. The van der Waals surface area contributed by atoms with Crippen molar-refractivity contribution >= 4 is 22.0 Å². The van der Waals surface area contributed by atoms with Crippen molar-refractivity contribution in [2.24, 2.45) is 0 Å². The van der Waals surface area contributed by atoms with Gasteiger partial charge in [-0.1, -0.05) is 0 Å². The Hall–Kier alpha value is -2.28. The highest BCUT2D eigenvalue weighted by atomic mass is 32.2. The van der Waals surface area contributed by atoms with Gasteiger partial charge in [-0.2, -0.15) is 0 Å². The Balaban J connectivity index is 2.35. The first-order chi connectivity index (χ1) is 9.42. The van der Waals surface area contributed by atoms with E-state index in [1.807, 2.05) is 0 Å². The maximum atomic E-state index is 13.5. The first-order valence-electron chi connectivity index (χ1n) is 5.45. The molecule has 0 aromatic heterocycles. The van der Waals surface area contributed by atoms with Gasteiger partial charge in [0.2, 0.25) is 0 Å². The lowest BCUT2D eigenvalue weighted by Crippen LogP contribution is -2.14. The average Bonchev–Trinajstić information content (AvgIpc) is 2.42. The fourth-order valence-corrected chi connectivity index (χ4v) is 2.67. The number of nitrogens with one attached hydrogen (secondary N) is 1. The second kappa shape index (κ2) is 5.38. The number of halogens is 2. The molecule has 0 spiro atoms. The van der Waals surface area contributed by atoms with Gasteiger partial charge in [-0.05, 0) is 42.5 Å². The van der Waals surface area contributed by atoms with Gasteiger partial charge >= 0.3 is 0 Å². The van der Waals surface area contributed by atoms with Crippen LogP contribution >= 0.6 is 0 Å². The van der Waals surface area contributed by atoms with E-state index in [0.717, 1.165) is 12.1 Å². The van der Waals surface area contributed by atoms with Crippen molar-refractivity contribution in [3.8, 4) is 0 Å². The van der Waals surface area contributed by atoms with Crippen LogP contribution in [0.15, 0.2) is 47.4 Å². The van der Waals surface area contributed by atoms with Crippen molar-refractivity contribution in [1.82, 2.24) is 0 Å². The Labute approximate surface area is 114 Å². The molecule has 0 aliphatic carbocycles. The van der Waals surface area contributed by atoms with Crippen molar-refractivity contribution in [3.63, 3.8) is 0 Å². The highest BCUT2D eigenvalue weighted by Crippen LogP contribution is 2.20. The zero-order chi connectivity index (χ0) is 14.8. The molecule has 0 unspecified atom stereocenters. The zero-order valence-electron chi connectivity index (χ0n) is 10.0. The first-order valence-corrected chi connectivity index (χ1v) is 6.94. The van der Waals surface area contributed by atoms with Gasteiger partial charge in [-0.15, -0.1) is 0 Å². The standard InChI is InChI=1S/C13H9F2NO3S/c14-10-3-6-12(15)13(7-10)20(18,19)16-11-4-1-9(8-17)2-5-11/h1-8,16H. The number of benzene rings is 2. The van der Waals surface area contributed by atoms with E-state index in [9.17, 15) is 22.0 Å². The van der Waals surface area contributed by atoms with Crippen LogP contribution in [0, 0.1) is 11.6 Å². The maximum absolute atomic E-state index is 13.5. The molecule has 0 radical (unpaired) electrons. The minimum atomic E-state index is -4.24. The van der Waals surface area contributed by atoms with E-state index in [4.69, 9.17) is 0 Å². The van der Waals surface area contributed by atoms with Crippen LogP contribution in [0.5, 0.6) is 0 Å². The number of hydrogen-bond donors (Lipinski definition) is 1. The fraction of sp³-hybridized carbons (Fsp3) is 0. The highest BCUT2D eigenvalue weighted by molar-refractivity contribution is 7.92. The van der Waals surface area contributed by atoms with Crippen molar-refractivity contribution in [1.29, 1.82) is 0 Å². The number of aldehydes is 1. The summed E-state index contributed by atoms with van der Waals surface area (Å²) in [5.41, 5.74) is 0.504. The summed E-state index contributed by atoms with van der Waals surface area (Å²) in [5, 5.41) is 0. The van der Waals surface area contributed by atoms with Gasteiger partial charge in [0.1, 0.15) is 22.8 Å². The predicted octanol–water partition coefficient (Wildman–Crippen LogP) is 2.58. The molecule has 7 heteroatoms. The molecule has 0 fully saturated rings. The number of rotatable bonds is 4. The van der Waals surface area contributed by atoms with E-state index in [1.165, 1.54) is 24.3 Å². The molecule has 0 saturated heterocycles. The monoisotopic (exact) mass is 297 g/mol. The third-order valence-electron chi connectivity index (χ3n) is 2.48. The lowest BCUT2D eigenvalue weighted by atomic mass is 10.2. The molecule has 104 valence electrons. The van der Waals surface area contributed by atoms with E-state index in [2.05, 4.69) is 4.72 Å². The van der Waals surface area contributed by atoms with Crippen molar-refractivity contribution < 1.29 is 22.0 Å². The quantitative estimate of drug-likeness (QED) is 0.882. The Morgan fingerprint density at radius 2 is 1.65 bits per heavy atom. The van der Waals surface area contributed by atoms with Gasteiger partial charge in [0.25, 0.3) is 10.0 Å². The van der Waals surface area contributed by atoms with E-state index in [0.29, 0.717) is 17.9 Å². The second-order valence-electron chi connectivity index (χ2n) is 3.92. The summed E-state index contributed by atoms with van der Waals surface area (Å²) >= 11 is 0. The molecule has 20 heavy (non-hydrogen) atoms. The van der Waals surface area contributed by atoms with Gasteiger partial charge in [0.05, 0.1) is 0 Å². The van der Waals surface area contributed by atoms with Gasteiger partial charge in [-0.3, -0.25) is 9.52 Å². The Morgan fingerprint density at radius 1 is 1.00 bits per heavy atom. The summed E-state index contributed by atoms with van der Waals surface area (Å²) < 4.78 is 52.5. The summed E-state index contributed by atoms with van der Waals surface area (Å²) in [6.45, 7) is 0. The number of carbonyl (C=O) groups excluding carboxylic acids is 1. The molecule has 0 aliphatic heterocycles. The molecule has 2 aromatic rings. The summed E-state index contributed by atoms with van der Waals surface area (Å²) in [6, 6.07) is 7.64. The van der Waals surface area contributed by atoms with Crippen LogP contribution < -0.4 is 4.72 Å². The molecule has 1 N–H and O–H groups in total. The van der Waals surface area contributed by atoms with E-state index in [1.54, 1.807) is 0 Å². The van der Waals surface area contributed by atoms with Gasteiger partial charge in [0.15, 0.2) is 0 Å². The molecular weight excluding hydrogens is 288 g/mol. The first kappa shape index (κ1) is 14.1. The van der Waals surface area contributed by atoms with E-state index in [-0.39, 0.29) is 5.69 Å². The summed E-state index contributed by atoms with van der Waals surface area (Å²) in [5.74, 6) is -1.91. The smallest absolute Gasteiger partial charge is 0.264 e. The van der Waals surface area contributed by atoms with Crippen LogP contribution in [0.1, 0.15) is 10.4 Å². The largest absolute Gasteiger partial charge is 0.298 e. The maximum Gasteiger partial charge on any atom is 0.264 e. The van der Waals surface area contributed by atoms with Crippen LogP contribution in [-0.4, -0.2) is 14.7 Å². The fourth-order valence-electron chi connectivity index (χ4n) is 1.52. The number of carbonyl (C=O) groups is 1. The summed E-state index contributed by atoms with van der Waals surface area (Å²) in [6.07, 6.45) is 0.602. The molecule has 0 aliphatic rings. The van der Waals surface area contributed by atoms with Crippen LogP contribution in [-0.2, 0) is 10.0 Å². The van der Waals surface area contributed by atoms with E-state index < -0.39 is 26.6 Å². The predicted molar refractivity (Wildman–Crippen MR) is 69.0 cm³/mol. The van der Waals surface area contributed by atoms with Crippen molar-refractivity contribution in [3.05, 3.63) is 59.7 Å². The molecule has 0 bridgehead atoms. The molecule has 4 nitrogen and oxygen atoms in total. The molecule has 0 atom stereocenters. The van der Waals surface area contributed by atoms with Crippen LogP contribution in [0.3, 0.4) is 0 Å². The van der Waals surface area contributed by atoms with Crippen LogP contribution in [0.25, 0.3) is 0 Å².